The molecule has 0 saturated carbocycles. The van der Waals surface area contributed by atoms with Gasteiger partial charge in [0.25, 0.3) is 11.5 Å². The Labute approximate surface area is 190 Å². The average molecular weight is 476 g/mol. The quantitative estimate of drug-likeness (QED) is 0.432. The molecule has 0 aliphatic heterocycles. The number of aryl methyl sites for hydroxylation is 1. The molecule has 3 heterocycles. The summed E-state index contributed by atoms with van der Waals surface area (Å²) in [6.45, 7) is 1.41. The maximum atomic E-state index is 12.5. The van der Waals surface area contributed by atoms with E-state index in [1.54, 1.807) is 25.1 Å². The molecular weight excluding hydrogens is 461 g/mol. The van der Waals surface area contributed by atoms with Gasteiger partial charge in [-0.1, -0.05) is 29.3 Å². The number of ether oxygens (including phenoxy) is 1. The number of aromatic nitrogens is 4. The van der Waals surface area contributed by atoms with Gasteiger partial charge in [-0.15, -0.1) is 11.3 Å². The fourth-order valence-corrected chi connectivity index (χ4v) is 3.90. The lowest BCUT2D eigenvalue weighted by Crippen LogP contribution is -2.23. The van der Waals surface area contributed by atoms with Gasteiger partial charge in [-0.2, -0.15) is 9.78 Å². The fraction of sp³-hybridized carbons (Fsp3) is 0.100. The molecule has 0 aliphatic carbocycles. The number of halogens is 2. The van der Waals surface area contributed by atoms with E-state index in [4.69, 9.17) is 27.9 Å². The lowest BCUT2D eigenvalue weighted by Gasteiger charge is -2.10. The van der Waals surface area contributed by atoms with E-state index in [0.717, 1.165) is 4.88 Å². The van der Waals surface area contributed by atoms with E-state index in [1.165, 1.54) is 28.2 Å². The van der Waals surface area contributed by atoms with Crippen molar-refractivity contribution in [2.24, 2.45) is 0 Å². The van der Waals surface area contributed by atoms with Gasteiger partial charge >= 0.3 is 0 Å². The summed E-state index contributed by atoms with van der Waals surface area (Å²) in [6.07, 6.45) is 0. The number of anilines is 1. The van der Waals surface area contributed by atoms with Gasteiger partial charge in [-0.25, -0.2) is 4.98 Å². The molecule has 2 N–H and O–H groups in total. The smallest absolute Gasteiger partial charge is 0.263 e. The van der Waals surface area contributed by atoms with Gasteiger partial charge in [0.1, 0.15) is 17.3 Å². The Morgan fingerprint density at radius 2 is 2.10 bits per heavy atom. The van der Waals surface area contributed by atoms with Crippen LogP contribution in [-0.2, 0) is 4.79 Å². The average Bonchev–Trinajstić information content (AvgIpc) is 3.36. The Hall–Kier alpha value is -3.14. The van der Waals surface area contributed by atoms with E-state index in [2.05, 4.69) is 20.4 Å². The van der Waals surface area contributed by atoms with E-state index in [0.29, 0.717) is 33.0 Å². The molecule has 0 radical (unpaired) electrons. The van der Waals surface area contributed by atoms with E-state index < -0.39 is 5.91 Å². The Kier molecular flexibility index (Phi) is 6.08. The lowest BCUT2D eigenvalue weighted by atomic mass is 10.3. The van der Waals surface area contributed by atoms with Crippen molar-refractivity contribution < 1.29 is 9.53 Å². The SMILES string of the molecule is Cc1cc(=O)[nH]c(-n2nc(-c3cccs3)cc2NC(=O)COc2ccc(Cl)cc2Cl)n1. The number of benzene rings is 1. The number of rotatable bonds is 6. The molecule has 4 rings (SSSR count). The highest BCUT2D eigenvalue weighted by Gasteiger charge is 2.17. The first-order valence-electron chi connectivity index (χ1n) is 8.99. The van der Waals surface area contributed by atoms with Gasteiger partial charge in [-0.05, 0) is 36.6 Å². The van der Waals surface area contributed by atoms with Gasteiger partial charge in [-0.3, -0.25) is 14.6 Å². The number of aromatic amines is 1. The van der Waals surface area contributed by atoms with Crippen molar-refractivity contribution in [2.45, 2.75) is 6.92 Å². The van der Waals surface area contributed by atoms with Crippen LogP contribution in [0.25, 0.3) is 16.5 Å². The molecule has 158 valence electrons. The molecule has 11 heteroatoms. The van der Waals surface area contributed by atoms with Gasteiger partial charge in [0.2, 0.25) is 5.95 Å². The van der Waals surface area contributed by atoms with Crippen molar-refractivity contribution in [2.75, 3.05) is 11.9 Å². The maximum absolute atomic E-state index is 12.5. The van der Waals surface area contributed by atoms with Crippen LogP contribution in [0.2, 0.25) is 10.0 Å². The maximum Gasteiger partial charge on any atom is 0.263 e. The minimum Gasteiger partial charge on any atom is -0.482 e. The first-order valence-corrected chi connectivity index (χ1v) is 10.6. The van der Waals surface area contributed by atoms with Crippen molar-refractivity contribution in [3.8, 4) is 22.3 Å². The molecule has 3 aromatic heterocycles. The Bertz CT molecular complexity index is 1300. The highest BCUT2D eigenvalue weighted by Crippen LogP contribution is 2.28. The normalized spacial score (nSPS) is 10.8. The van der Waals surface area contributed by atoms with Gasteiger partial charge < -0.3 is 10.1 Å². The number of thiophene rings is 1. The molecule has 1 aromatic carbocycles. The number of nitrogens with one attached hydrogen (secondary N) is 2. The van der Waals surface area contributed by atoms with Crippen molar-refractivity contribution in [3.63, 3.8) is 0 Å². The summed E-state index contributed by atoms with van der Waals surface area (Å²) in [5.74, 6) is 0.399. The molecule has 8 nitrogen and oxygen atoms in total. The van der Waals surface area contributed by atoms with Crippen molar-refractivity contribution in [3.05, 3.63) is 73.9 Å². The first-order chi connectivity index (χ1) is 14.9. The zero-order valence-corrected chi connectivity index (χ0v) is 18.4. The zero-order chi connectivity index (χ0) is 22.0. The van der Waals surface area contributed by atoms with Crippen molar-refractivity contribution in [1.29, 1.82) is 0 Å². The minimum atomic E-state index is -0.445. The standard InChI is InChI=1S/C20H15Cl2N5O3S/c1-11-7-18(28)25-20(23-11)27-17(9-14(26-27)16-3-2-6-31-16)24-19(29)10-30-15-5-4-12(21)8-13(15)22/h2-9H,10H2,1H3,(H,24,29)(H,23,25,28). The van der Waals surface area contributed by atoms with Crippen LogP contribution in [0.3, 0.4) is 0 Å². The highest BCUT2D eigenvalue weighted by molar-refractivity contribution is 7.13. The first kappa shape index (κ1) is 21.1. The number of hydrogen-bond donors (Lipinski definition) is 2. The summed E-state index contributed by atoms with van der Waals surface area (Å²) >= 11 is 13.4. The third-order valence-electron chi connectivity index (χ3n) is 4.06. The predicted octanol–water partition coefficient (Wildman–Crippen LogP) is 4.32. The van der Waals surface area contributed by atoms with Crippen LogP contribution in [0, 0.1) is 6.92 Å². The third kappa shape index (κ3) is 4.96. The van der Waals surface area contributed by atoms with Gasteiger partial charge in [0, 0.05) is 22.8 Å². The second kappa shape index (κ2) is 8.93. The second-order valence-corrected chi connectivity index (χ2v) is 8.22. The number of nitrogens with zero attached hydrogens (tertiary/aromatic N) is 3. The largest absolute Gasteiger partial charge is 0.482 e. The van der Waals surface area contributed by atoms with Crippen LogP contribution in [0.1, 0.15) is 5.69 Å². The molecule has 0 atom stereocenters. The van der Waals surface area contributed by atoms with Crippen LogP contribution in [0.5, 0.6) is 5.75 Å². The molecule has 31 heavy (non-hydrogen) atoms. The number of carbonyl (C=O) groups excluding carboxylic acids is 1. The van der Waals surface area contributed by atoms with Crippen LogP contribution >= 0.6 is 34.5 Å². The van der Waals surface area contributed by atoms with Crippen LogP contribution < -0.4 is 15.6 Å². The number of hydrogen-bond acceptors (Lipinski definition) is 6. The van der Waals surface area contributed by atoms with Crippen LogP contribution in [0.4, 0.5) is 5.82 Å². The topological polar surface area (TPSA) is 102 Å². The Morgan fingerprint density at radius 3 is 2.81 bits per heavy atom. The van der Waals surface area contributed by atoms with Crippen LogP contribution in [0.15, 0.2) is 52.6 Å². The predicted molar refractivity (Wildman–Crippen MR) is 121 cm³/mol. The van der Waals surface area contributed by atoms with Crippen LogP contribution in [-0.4, -0.2) is 32.3 Å². The van der Waals surface area contributed by atoms with E-state index in [9.17, 15) is 9.59 Å². The zero-order valence-electron chi connectivity index (χ0n) is 16.1. The molecule has 0 unspecified atom stereocenters. The minimum absolute atomic E-state index is 0.185. The molecule has 4 aromatic rings. The van der Waals surface area contributed by atoms with Crippen molar-refractivity contribution in [1.82, 2.24) is 19.7 Å². The number of amides is 1. The second-order valence-electron chi connectivity index (χ2n) is 6.43. The van der Waals surface area contributed by atoms with Gasteiger partial charge in [0.15, 0.2) is 6.61 Å². The Morgan fingerprint density at radius 1 is 1.26 bits per heavy atom. The molecule has 0 bridgehead atoms. The molecule has 0 aliphatic rings. The summed E-state index contributed by atoms with van der Waals surface area (Å²) in [7, 11) is 0. The molecule has 1 amide bonds. The summed E-state index contributed by atoms with van der Waals surface area (Å²) in [6, 6.07) is 11.6. The monoisotopic (exact) mass is 475 g/mol. The third-order valence-corrected chi connectivity index (χ3v) is 5.48. The molecule has 0 spiro atoms. The Balaban J connectivity index is 1.60. The van der Waals surface area contributed by atoms with E-state index in [1.807, 2.05) is 17.5 Å². The highest BCUT2D eigenvalue weighted by atomic mass is 35.5. The summed E-state index contributed by atoms with van der Waals surface area (Å²) in [4.78, 5) is 32.3. The molecular formula is C20H15Cl2N5O3S. The summed E-state index contributed by atoms with van der Waals surface area (Å²) in [5, 5.41) is 9.93. The van der Waals surface area contributed by atoms with Gasteiger partial charge in [0.05, 0.1) is 9.90 Å². The van der Waals surface area contributed by atoms with Crippen molar-refractivity contribution >= 4 is 46.3 Å². The number of H-pyrrole nitrogens is 1. The molecule has 0 fully saturated rings. The van der Waals surface area contributed by atoms with E-state index >= 15 is 0 Å². The van der Waals surface area contributed by atoms with E-state index in [-0.39, 0.29) is 18.1 Å². The fourth-order valence-electron chi connectivity index (χ4n) is 2.75. The molecule has 0 saturated heterocycles. The number of carbonyl (C=O) groups is 1. The lowest BCUT2D eigenvalue weighted by molar-refractivity contribution is -0.118. The summed E-state index contributed by atoms with van der Waals surface area (Å²) < 4.78 is 6.86. The summed E-state index contributed by atoms with van der Waals surface area (Å²) in [5.41, 5.74) is 0.815.